The zero-order valence-corrected chi connectivity index (χ0v) is 25.0. The maximum Gasteiger partial charge on any atom is 0.255 e. The lowest BCUT2D eigenvalue weighted by molar-refractivity contribution is 0.0593. The summed E-state index contributed by atoms with van der Waals surface area (Å²) in [5.41, 5.74) is 2.14. The van der Waals surface area contributed by atoms with E-state index in [0.717, 1.165) is 0 Å². The molecule has 2 N–H and O–H groups in total. The molecule has 40 heavy (non-hydrogen) atoms. The number of hydrogen-bond donors (Lipinski definition) is 2. The van der Waals surface area contributed by atoms with Crippen LogP contribution in [-0.2, 0) is 0 Å². The highest BCUT2D eigenvalue weighted by atomic mass is 16.3. The third-order valence-electron chi connectivity index (χ3n) is 7.21. The van der Waals surface area contributed by atoms with Crippen LogP contribution in [0.5, 0.6) is 0 Å². The minimum atomic E-state index is -1.15. The Hall–Kier alpha value is -3.48. The first-order chi connectivity index (χ1) is 18.9. The van der Waals surface area contributed by atoms with Crippen molar-refractivity contribution in [2.24, 2.45) is 0 Å². The van der Waals surface area contributed by atoms with Gasteiger partial charge in [0.2, 0.25) is 0 Å². The summed E-state index contributed by atoms with van der Waals surface area (Å²) in [6.07, 6.45) is -2.30. The molecule has 0 bridgehead atoms. The van der Waals surface area contributed by atoms with Crippen LogP contribution < -0.4 is 0 Å². The largest absolute Gasteiger partial charge is 0.384 e. The fraction of sp³-hybridized carbons (Fsp3) is 0.412. The van der Waals surface area contributed by atoms with Crippen molar-refractivity contribution in [1.29, 1.82) is 0 Å². The molecule has 3 aromatic rings. The molecule has 214 valence electrons. The van der Waals surface area contributed by atoms with Gasteiger partial charge in [-0.05, 0) is 77.6 Å². The van der Waals surface area contributed by atoms with Crippen LogP contribution in [0.25, 0.3) is 0 Å². The van der Waals surface area contributed by atoms with E-state index in [4.69, 9.17) is 0 Å². The van der Waals surface area contributed by atoms with E-state index in [9.17, 15) is 19.8 Å². The van der Waals surface area contributed by atoms with Crippen molar-refractivity contribution in [3.8, 4) is 0 Å². The van der Waals surface area contributed by atoms with E-state index in [0.29, 0.717) is 22.3 Å². The molecule has 6 heteroatoms. The number of aliphatic hydroxyl groups is 2. The van der Waals surface area contributed by atoms with E-state index in [1.165, 1.54) is 0 Å². The molecule has 3 aromatic carbocycles. The second-order valence-corrected chi connectivity index (χ2v) is 11.4. The van der Waals surface area contributed by atoms with Gasteiger partial charge in [-0.3, -0.25) is 9.59 Å². The molecule has 0 spiro atoms. The topological polar surface area (TPSA) is 81.1 Å². The van der Waals surface area contributed by atoms with Gasteiger partial charge >= 0.3 is 0 Å². The predicted octanol–water partition coefficient (Wildman–Crippen LogP) is 6.37. The van der Waals surface area contributed by atoms with Crippen LogP contribution in [0, 0.1) is 0 Å². The van der Waals surface area contributed by atoms with Crippen molar-refractivity contribution in [2.45, 2.75) is 91.8 Å². The first kappa shape index (κ1) is 31.1. The summed E-state index contributed by atoms with van der Waals surface area (Å²) in [6.45, 7) is 15.5. The standard InChI is InChI=1S/C34H44N2O4/c1-21(2)35(22(3)4)33(39)29-27(31(37)25-15-11-9-12-16-25)19-20-28(32(38)26-17-13-10-14-18-26)30(29)34(40)36(23(5)6)24(7)8/h9-24,31-32,37-38H,1-8H3. The molecule has 2 amide bonds. The molecule has 0 aliphatic heterocycles. The summed E-state index contributed by atoms with van der Waals surface area (Å²) in [6, 6.07) is 20.9. The lowest BCUT2D eigenvalue weighted by atomic mass is 9.85. The number of amides is 2. The summed E-state index contributed by atoms with van der Waals surface area (Å²) in [5.74, 6) is -0.708. The van der Waals surface area contributed by atoms with E-state index in [1.807, 2.05) is 91.8 Å². The van der Waals surface area contributed by atoms with Gasteiger partial charge in [-0.1, -0.05) is 72.8 Å². The Morgan fingerprint density at radius 2 is 0.775 bits per heavy atom. The minimum Gasteiger partial charge on any atom is -0.384 e. The highest BCUT2D eigenvalue weighted by molar-refractivity contribution is 6.09. The van der Waals surface area contributed by atoms with Crippen LogP contribution in [0.15, 0.2) is 72.8 Å². The van der Waals surface area contributed by atoms with Crippen molar-refractivity contribution in [3.63, 3.8) is 0 Å². The molecule has 0 aliphatic rings. The molecule has 0 heterocycles. The van der Waals surface area contributed by atoms with E-state index < -0.39 is 12.2 Å². The van der Waals surface area contributed by atoms with Crippen molar-refractivity contribution in [1.82, 2.24) is 9.80 Å². The number of carbonyl (C=O) groups excluding carboxylic acids is 2. The van der Waals surface area contributed by atoms with Gasteiger partial charge in [-0.25, -0.2) is 0 Å². The van der Waals surface area contributed by atoms with Gasteiger partial charge < -0.3 is 20.0 Å². The number of rotatable bonds is 10. The molecule has 0 saturated carbocycles. The van der Waals surface area contributed by atoms with Crippen molar-refractivity contribution in [3.05, 3.63) is 106 Å². The van der Waals surface area contributed by atoms with E-state index in [-0.39, 0.29) is 47.1 Å². The Kier molecular flexibility index (Phi) is 10.3. The van der Waals surface area contributed by atoms with Crippen LogP contribution in [-0.4, -0.2) is 56.0 Å². The van der Waals surface area contributed by atoms with Gasteiger partial charge in [0.05, 0.1) is 11.1 Å². The predicted molar refractivity (Wildman–Crippen MR) is 160 cm³/mol. The Balaban J connectivity index is 2.46. The molecule has 0 saturated heterocycles. The van der Waals surface area contributed by atoms with Gasteiger partial charge in [0.25, 0.3) is 11.8 Å². The lowest BCUT2D eigenvalue weighted by Crippen LogP contribution is -2.46. The average Bonchev–Trinajstić information content (AvgIpc) is 2.91. The van der Waals surface area contributed by atoms with Crippen molar-refractivity contribution in [2.75, 3.05) is 0 Å². The molecule has 6 nitrogen and oxygen atoms in total. The van der Waals surface area contributed by atoms with Crippen LogP contribution in [0.3, 0.4) is 0 Å². The zero-order valence-electron chi connectivity index (χ0n) is 25.0. The quantitative estimate of drug-likeness (QED) is 0.311. The Bertz CT molecular complexity index is 1170. The van der Waals surface area contributed by atoms with E-state index >= 15 is 0 Å². The normalized spacial score (nSPS) is 13.2. The highest BCUT2D eigenvalue weighted by Gasteiger charge is 2.36. The molecule has 0 aliphatic carbocycles. The summed E-state index contributed by atoms with van der Waals surface area (Å²) in [7, 11) is 0. The molecule has 3 rings (SSSR count). The van der Waals surface area contributed by atoms with E-state index in [1.54, 1.807) is 46.2 Å². The first-order valence-electron chi connectivity index (χ1n) is 14.2. The minimum absolute atomic E-state index is 0.127. The fourth-order valence-electron chi connectivity index (χ4n) is 5.57. The maximum absolute atomic E-state index is 14.5. The summed E-state index contributed by atoms with van der Waals surface area (Å²) >= 11 is 0. The van der Waals surface area contributed by atoms with Gasteiger partial charge in [0.15, 0.2) is 0 Å². The third-order valence-corrected chi connectivity index (χ3v) is 7.21. The molecular weight excluding hydrogens is 500 g/mol. The van der Waals surface area contributed by atoms with Gasteiger partial charge in [-0.15, -0.1) is 0 Å². The second kappa shape index (κ2) is 13.2. The van der Waals surface area contributed by atoms with Crippen molar-refractivity contribution < 1.29 is 19.8 Å². The molecule has 0 aromatic heterocycles. The highest BCUT2D eigenvalue weighted by Crippen LogP contribution is 2.36. The summed E-state index contributed by atoms with van der Waals surface area (Å²) in [4.78, 5) is 32.5. The number of hydrogen-bond acceptors (Lipinski definition) is 4. The fourth-order valence-corrected chi connectivity index (χ4v) is 5.57. The zero-order chi connectivity index (χ0) is 29.7. The average molecular weight is 545 g/mol. The van der Waals surface area contributed by atoms with Gasteiger partial charge in [-0.2, -0.15) is 0 Å². The maximum atomic E-state index is 14.5. The first-order valence-corrected chi connectivity index (χ1v) is 14.2. The molecule has 2 unspecified atom stereocenters. The number of carbonyl (C=O) groups is 2. The lowest BCUT2D eigenvalue weighted by Gasteiger charge is -2.36. The molecular formula is C34H44N2O4. The molecule has 2 atom stereocenters. The van der Waals surface area contributed by atoms with Crippen molar-refractivity contribution >= 4 is 11.8 Å². The number of aliphatic hydroxyl groups excluding tert-OH is 2. The second-order valence-electron chi connectivity index (χ2n) is 11.4. The van der Waals surface area contributed by atoms with Crippen LogP contribution in [0.1, 0.15) is 111 Å². The summed E-state index contributed by atoms with van der Waals surface area (Å²) in [5, 5.41) is 23.3. The smallest absolute Gasteiger partial charge is 0.255 e. The van der Waals surface area contributed by atoms with Crippen LogP contribution in [0.4, 0.5) is 0 Å². The van der Waals surface area contributed by atoms with Gasteiger partial charge in [0, 0.05) is 24.2 Å². The number of nitrogens with zero attached hydrogens (tertiary/aromatic N) is 2. The SMILES string of the molecule is CC(C)N(C(=O)c1c(C(O)c2ccccc2)ccc(C(O)c2ccccc2)c1C(=O)N(C(C)C)C(C)C)C(C)C. The van der Waals surface area contributed by atoms with Crippen LogP contribution in [0.2, 0.25) is 0 Å². The molecule has 0 radical (unpaired) electrons. The number of benzene rings is 3. The van der Waals surface area contributed by atoms with E-state index in [2.05, 4.69) is 0 Å². The summed E-state index contributed by atoms with van der Waals surface area (Å²) < 4.78 is 0. The van der Waals surface area contributed by atoms with Gasteiger partial charge in [0.1, 0.15) is 12.2 Å². The Labute approximate surface area is 239 Å². The molecule has 0 fully saturated rings. The van der Waals surface area contributed by atoms with Crippen LogP contribution >= 0.6 is 0 Å². The third kappa shape index (κ3) is 6.45. The monoisotopic (exact) mass is 544 g/mol. The Morgan fingerprint density at radius 1 is 0.500 bits per heavy atom. The Morgan fingerprint density at radius 3 is 1.02 bits per heavy atom.